The summed E-state index contributed by atoms with van der Waals surface area (Å²) < 4.78 is 9.70. The molecule has 9 nitrogen and oxygen atoms in total. The largest absolute Gasteiger partial charge is 0.506 e. The van der Waals surface area contributed by atoms with Gasteiger partial charge in [-0.05, 0) is 50.6 Å². The predicted molar refractivity (Wildman–Crippen MR) is 145 cm³/mol. The van der Waals surface area contributed by atoms with Crippen LogP contribution in [-0.4, -0.2) is 73.9 Å². The monoisotopic (exact) mass is 524 g/mol. The number of aliphatic hydroxyl groups is 1. The van der Waals surface area contributed by atoms with Gasteiger partial charge in [-0.2, -0.15) is 0 Å². The van der Waals surface area contributed by atoms with Crippen LogP contribution in [0.2, 0.25) is 0 Å². The van der Waals surface area contributed by atoms with Crippen LogP contribution < -0.4 is 4.90 Å². The Morgan fingerprint density at radius 3 is 2.16 bits per heavy atom. The van der Waals surface area contributed by atoms with E-state index in [2.05, 4.69) is 11.3 Å². The summed E-state index contributed by atoms with van der Waals surface area (Å²) in [6.07, 6.45) is 3.65. The Hall–Kier alpha value is -4.14. The minimum absolute atomic E-state index is 0.00752. The van der Waals surface area contributed by atoms with Crippen molar-refractivity contribution < 1.29 is 33.8 Å². The third-order valence-corrected chi connectivity index (χ3v) is 6.26. The van der Waals surface area contributed by atoms with Gasteiger partial charge in [-0.1, -0.05) is 18.7 Å². The summed E-state index contributed by atoms with van der Waals surface area (Å²) in [7, 11) is 1.26. The zero-order valence-corrected chi connectivity index (χ0v) is 22.5. The first-order chi connectivity index (χ1) is 18.2. The van der Waals surface area contributed by atoms with E-state index in [0.29, 0.717) is 30.6 Å². The van der Waals surface area contributed by atoms with Gasteiger partial charge in [-0.3, -0.25) is 19.2 Å². The Morgan fingerprint density at radius 1 is 1.00 bits per heavy atom. The van der Waals surface area contributed by atoms with Gasteiger partial charge in [0, 0.05) is 36.6 Å². The minimum atomic E-state index is -0.474. The number of allylic oxidation sites excluding steroid dienone is 5. The fraction of sp³-hybridized carbons (Fsp3) is 0.379. The summed E-state index contributed by atoms with van der Waals surface area (Å²) >= 11 is 0. The molecule has 0 aromatic heterocycles. The SMILES string of the molecule is C=C(/C=C\C(C=O)=C1C(=O)C(c2ccc(N(CC)CCOC(=O)CCC(=O)OC)cc2)=C1O)N(CC)CC. The fourth-order valence-electron chi connectivity index (χ4n) is 4.00. The number of carbonyl (C=O) groups is 4. The first kappa shape index (κ1) is 30.1. The molecule has 0 spiro atoms. The predicted octanol–water partition coefficient (Wildman–Crippen LogP) is 3.77. The lowest BCUT2D eigenvalue weighted by Crippen LogP contribution is -2.28. The number of ketones is 1. The molecule has 0 radical (unpaired) electrons. The summed E-state index contributed by atoms with van der Waals surface area (Å²) in [6, 6.07) is 7.06. The van der Waals surface area contributed by atoms with Crippen LogP contribution in [0.3, 0.4) is 0 Å². The number of methoxy groups -OCH3 is 1. The van der Waals surface area contributed by atoms with Crippen LogP contribution in [0.15, 0.2) is 65.6 Å². The van der Waals surface area contributed by atoms with Gasteiger partial charge in [0.15, 0.2) is 6.29 Å². The molecular formula is C29H36N2O7. The molecule has 0 saturated heterocycles. The molecule has 1 aromatic rings. The van der Waals surface area contributed by atoms with Crippen molar-refractivity contribution in [3.05, 3.63) is 71.2 Å². The van der Waals surface area contributed by atoms with Crippen LogP contribution in [-0.2, 0) is 28.7 Å². The Balaban J connectivity index is 2.09. The van der Waals surface area contributed by atoms with E-state index in [1.807, 2.05) is 42.7 Å². The highest BCUT2D eigenvalue weighted by molar-refractivity contribution is 6.40. The van der Waals surface area contributed by atoms with Gasteiger partial charge in [0.05, 0.1) is 37.6 Å². The number of aliphatic hydroxyl groups excluding tert-OH is 1. The van der Waals surface area contributed by atoms with E-state index in [1.165, 1.54) is 13.2 Å². The van der Waals surface area contributed by atoms with E-state index >= 15 is 0 Å². The second kappa shape index (κ2) is 14.6. The molecule has 0 aliphatic heterocycles. The molecule has 1 aliphatic carbocycles. The zero-order chi connectivity index (χ0) is 28.2. The Labute approximate surface area is 223 Å². The zero-order valence-electron chi connectivity index (χ0n) is 22.5. The van der Waals surface area contributed by atoms with Gasteiger partial charge in [0.2, 0.25) is 5.78 Å². The van der Waals surface area contributed by atoms with Crippen molar-refractivity contribution in [2.45, 2.75) is 33.6 Å². The third-order valence-electron chi connectivity index (χ3n) is 6.26. The number of Topliss-reactive ketones (excluding diaryl/α,β-unsaturated/α-hetero) is 1. The molecule has 2 rings (SSSR count). The van der Waals surface area contributed by atoms with Crippen molar-refractivity contribution in [1.29, 1.82) is 0 Å². The number of nitrogens with zero attached hydrogens (tertiary/aromatic N) is 2. The molecule has 1 aromatic carbocycles. The first-order valence-electron chi connectivity index (χ1n) is 12.6. The number of hydrogen-bond donors (Lipinski definition) is 1. The number of rotatable bonds is 15. The van der Waals surface area contributed by atoms with Gasteiger partial charge >= 0.3 is 11.9 Å². The molecule has 0 atom stereocenters. The molecule has 0 saturated carbocycles. The molecule has 1 N–H and O–H groups in total. The van der Waals surface area contributed by atoms with Crippen molar-refractivity contribution in [3.63, 3.8) is 0 Å². The quantitative estimate of drug-likeness (QED) is 0.159. The van der Waals surface area contributed by atoms with E-state index in [0.717, 1.165) is 18.8 Å². The fourth-order valence-corrected chi connectivity index (χ4v) is 4.00. The van der Waals surface area contributed by atoms with E-state index < -0.39 is 17.7 Å². The van der Waals surface area contributed by atoms with Gasteiger partial charge in [-0.25, -0.2) is 0 Å². The molecule has 0 amide bonds. The lowest BCUT2D eigenvalue weighted by atomic mass is 9.81. The molecule has 0 fully saturated rings. The van der Waals surface area contributed by atoms with Gasteiger partial charge in [0.25, 0.3) is 0 Å². The van der Waals surface area contributed by atoms with Crippen molar-refractivity contribution >= 4 is 35.3 Å². The maximum Gasteiger partial charge on any atom is 0.306 e. The highest BCUT2D eigenvalue weighted by Crippen LogP contribution is 2.38. The van der Waals surface area contributed by atoms with E-state index in [1.54, 1.807) is 18.2 Å². The second-order valence-corrected chi connectivity index (χ2v) is 8.42. The summed E-state index contributed by atoms with van der Waals surface area (Å²) in [4.78, 5) is 51.4. The standard InChI is InChI=1S/C29H36N2O7/c1-6-30(7-2)20(4)9-10-22(19-32)27-28(35)26(29(27)36)21-11-13-23(14-12-21)31(8-3)17-18-38-25(34)16-15-24(33)37-5/h9-14,19,35H,4,6-8,15-18H2,1-3,5H3/b10-9-,27-22?. The van der Waals surface area contributed by atoms with Crippen LogP contribution in [0.1, 0.15) is 39.2 Å². The molecule has 204 valence electrons. The molecule has 0 bridgehead atoms. The summed E-state index contributed by atoms with van der Waals surface area (Å²) in [5.74, 6) is -1.56. The maximum atomic E-state index is 12.9. The summed E-state index contributed by atoms with van der Waals surface area (Å²) in [6.45, 7) is 12.7. The number of carbonyl (C=O) groups excluding carboxylic acids is 4. The minimum Gasteiger partial charge on any atom is -0.506 e. The van der Waals surface area contributed by atoms with Crippen LogP contribution in [0.4, 0.5) is 5.69 Å². The Morgan fingerprint density at radius 2 is 1.63 bits per heavy atom. The summed E-state index contributed by atoms with van der Waals surface area (Å²) in [5.41, 5.74) is 2.33. The van der Waals surface area contributed by atoms with Crippen molar-refractivity contribution in [2.75, 3.05) is 44.8 Å². The molecule has 0 heterocycles. The number of likely N-dealkylation sites (N-methyl/N-ethyl adjacent to an activating group) is 2. The molecule has 38 heavy (non-hydrogen) atoms. The van der Waals surface area contributed by atoms with Crippen LogP contribution in [0, 0.1) is 0 Å². The third kappa shape index (κ3) is 7.44. The van der Waals surface area contributed by atoms with Crippen LogP contribution in [0.25, 0.3) is 5.57 Å². The Kier molecular flexibility index (Phi) is 11.5. The molecule has 9 heteroatoms. The lowest BCUT2D eigenvalue weighted by molar-refractivity contribution is -0.148. The van der Waals surface area contributed by atoms with E-state index in [4.69, 9.17) is 4.74 Å². The van der Waals surface area contributed by atoms with E-state index in [9.17, 15) is 24.3 Å². The lowest BCUT2D eigenvalue weighted by Gasteiger charge is -2.25. The average molecular weight is 525 g/mol. The molecule has 1 aliphatic rings. The van der Waals surface area contributed by atoms with Crippen molar-refractivity contribution in [2.24, 2.45) is 0 Å². The van der Waals surface area contributed by atoms with Gasteiger partial charge in [0.1, 0.15) is 12.4 Å². The number of esters is 2. The number of hydrogen-bond acceptors (Lipinski definition) is 9. The van der Waals surface area contributed by atoms with Crippen molar-refractivity contribution in [1.82, 2.24) is 4.90 Å². The number of aldehydes is 1. The molecular weight excluding hydrogens is 488 g/mol. The Bertz CT molecular complexity index is 1140. The summed E-state index contributed by atoms with van der Waals surface area (Å²) in [5, 5.41) is 10.6. The average Bonchev–Trinajstić information content (AvgIpc) is 2.93. The van der Waals surface area contributed by atoms with Crippen LogP contribution in [0.5, 0.6) is 0 Å². The maximum absolute atomic E-state index is 12.9. The number of ether oxygens (including phenoxy) is 2. The second-order valence-electron chi connectivity index (χ2n) is 8.42. The van der Waals surface area contributed by atoms with Gasteiger partial charge in [-0.15, -0.1) is 0 Å². The first-order valence-corrected chi connectivity index (χ1v) is 12.6. The smallest absolute Gasteiger partial charge is 0.306 e. The highest BCUT2D eigenvalue weighted by Gasteiger charge is 2.36. The number of anilines is 1. The normalized spacial score (nSPS) is 14.2. The number of benzene rings is 1. The topological polar surface area (TPSA) is 113 Å². The van der Waals surface area contributed by atoms with Crippen LogP contribution >= 0.6 is 0 Å². The van der Waals surface area contributed by atoms with Gasteiger partial charge < -0.3 is 24.4 Å². The highest BCUT2D eigenvalue weighted by atomic mass is 16.5. The van der Waals surface area contributed by atoms with Crippen molar-refractivity contribution in [3.8, 4) is 0 Å². The van der Waals surface area contributed by atoms with E-state index in [-0.39, 0.29) is 41.9 Å². The molecule has 0 unspecified atom stereocenters.